The molecule has 1 heterocycles. The Morgan fingerprint density at radius 1 is 1.21 bits per heavy atom. The van der Waals surface area contributed by atoms with Crippen LogP contribution in [0, 0.1) is 6.92 Å². The minimum Gasteiger partial charge on any atom is -0.466 e. The first-order chi connectivity index (χ1) is 9.15. The standard InChI is InChI=1S/C15H17Br2NO/c1-3-8-18-14(15-13(17)7-9-19-15)11-5-4-6-12(16)10(11)2/h4-7,9,14,18H,3,8H2,1-2H3. The lowest BCUT2D eigenvalue weighted by molar-refractivity contribution is 0.443. The quantitative estimate of drug-likeness (QED) is 0.763. The van der Waals surface area contributed by atoms with Gasteiger partial charge in [0.25, 0.3) is 0 Å². The van der Waals surface area contributed by atoms with E-state index in [0.29, 0.717) is 0 Å². The lowest BCUT2D eigenvalue weighted by Crippen LogP contribution is -2.24. The van der Waals surface area contributed by atoms with Crippen molar-refractivity contribution in [3.63, 3.8) is 0 Å². The molecular weight excluding hydrogens is 370 g/mol. The molecular formula is C15H17Br2NO. The molecule has 0 radical (unpaired) electrons. The van der Waals surface area contributed by atoms with E-state index in [1.807, 2.05) is 6.07 Å². The number of hydrogen-bond donors (Lipinski definition) is 1. The van der Waals surface area contributed by atoms with Crippen molar-refractivity contribution in [3.05, 3.63) is 56.4 Å². The van der Waals surface area contributed by atoms with Crippen molar-refractivity contribution in [1.29, 1.82) is 0 Å². The number of nitrogens with one attached hydrogen (secondary N) is 1. The van der Waals surface area contributed by atoms with Gasteiger partial charge in [0, 0.05) is 4.47 Å². The van der Waals surface area contributed by atoms with Crippen molar-refractivity contribution >= 4 is 31.9 Å². The fraction of sp³-hybridized carbons (Fsp3) is 0.333. The van der Waals surface area contributed by atoms with Crippen molar-refractivity contribution in [2.45, 2.75) is 26.3 Å². The van der Waals surface area contributed by atoms with Crippen molar-refractivity contribution < 1.29 is 4.42 Å². The molecule has 1 N–H and O–H groups in total. The van der Waals surface area contributed by atoms with E-state index < -0.39 is 0 Å². The Bertz CT molecular complexity index is 551. The SMILES string of the molecule is CCCNC(c1cccc(Br)c1C)c1occc1Br. The van der Waals surface area contributed by atoms with Crippen molar-refractivity contribution in [2.24, 2.45) is 0 Å². The maximum atomic E-state index is 5.65. The zero-order valence-corrected chi connectivity index (χ0v) is 14.2. The van der Waals surface area contributed by atoms with Crippen molar-refractivity contribution in [2.75, 3.05) is 6.54 Å². The summed E-state index contributed by atoms with van der Waals surface area (Å²) in [5.74, 6) is 0.926. The second kappa shape index (κ2) is 6.73. The summed E-state index contributed by atoms with van der Waals surface area (Å²) in [6.45, 7) is 5.23. The molecule has 1 aromatic carbocycles. The highest BCUT2D eigenvalue weighted by atomic mass is 79.9. The van der Waals surface area contributed by atoms with E-state index >= 15 is 0 Å². The zero-order chi connectivity index (χ0) is 13.8. The molecule has 1 aromatic heterocycles. The molecule has 0 amide bonds. The molecule has 1 atom stereocenters. The smallest absolute Gasteiger partial charge is 0.139 e. The minimum absolute atomic E-state index is 0.0711. The van der Waals surface area contributed by atoms with Crippen LogP contribution in [0.5, 0.6) is 0 Å². The van der Waals surface area contributed by atoms with Gasteiger partial charge >= 0.3 is 0 Å². The third kappa shape index (κ3) is 3.30. The van der Waals surface area contributed by atoms with E-state index in [4.69, 9.17) is 4.42 Å². The molecule has 0 aliphatic rings. The molecule has 2 aromatic rings. The second-order valence-electron chi connectivity index (χ2n) is 4.47. The maximum absolute atomic E-state index is 5.65. The highest BCUT2D eigenvalue weighted by Gasteiger charge is 2.21. The zero-order valence-electron chi connectivity index (χ0n) is 11.0. The van der Waals surface area contributed by atoms with E-state index in [-0.39, 0.29) is 6.04 Å². The Kier molecular flexibility index (Phi) is 5.25. The van der Waals surface area contributed by atoms with Crippen LogP contribution < -0.4 is 5.32 Å². The van der Waals surface area contributed by atoms with Crippen molar-refractivity contribution in [3.8, 4) is 0 Å². The Morgan fingerprint density at radius 3 is 2.63 bits per heavy atom. The molecule has 0 saturated heterocycles. The van der Waals surface area contributed by atoms with Gasteiger partial charge in [0.2, 0.25) is 0 Å². The summed E-state index contributed by atoms with van der Waals surface area (Å²) >= 11 is 7.15. The molecule has 0 spiro atoms. The summed E-state index contributed by atoms with van der Waals surface area (Å²) in [6.07, 6.45) is 2.80. The summed E-state index contributed by atoms with van der Waals surface area (Å²) in [5.41, 5.74) is 2.47. The predicted molar refractivity (Wildman–Crippen MR) is 85.4 cm³/mol. The molecule has 102 valence electrons. The van der Waals surface area contributed by atoms with Crippen LogP contribution in [0.3, 0.4) is 0 Å². The summed E-state index contributed by atoms with van der Waals surface area (Å²) in [5, 5.41) is 3.55. The van der Waals surface area contributed by atoms with Gasteiger partial charge in [-0.3, -0.25) is 0 Å². The topological polar surface area (TPSA) is 25.2 Å². The van der Waals surface area contributed by atoms with Crippen LogP contribution >= 0.6 is 31.9 Å². The molecule has 1 unspecified atom stereocenters. The number of rotatable bonds is 5. The Morgan fingerprint density at radius 2 is 2.00 bits per heavy atom. The molecule has 0 saturated carbocycles. The molecule has 4 heteroatoms. The van der Waals surface area contributed by atoms with Crippen LogP contribution in [0.2, 0.25) is 0 Å². The Labute approximate surface area is 130 Å². The Hall–Kier alpha value is -0.580. The maximum Gasteiger partial charge on any atom is 0.139 e. The molecule has 0 fully saturated rings. The van der Waals surface area contributed by atoms with Crippen molar-refractivity contribution in [1.82, 2.24) is 5.32 Å². The fourth-order valence-electron chi connectivity index (χ4n) is 2.08. The number of hydrogen-bond acceptors (Lipinski definition) is 2. The first-order valence-corrected chi connectivity index (χ1v) is 7.95. The lowest BCUT2D eigenvalue weighted by atomic mass is 9.99. The van der Waals surface area contributed by atoms with Gasteiger partial charge in [0.05, 0.1) is 16.8 Å². The number of furan rings is 1. The number of benzene rings is 1. The average Bonchev–Trinajstić information content (AvgIpc) is 2.81. The van der Waals surface area contributed by atoms with E-state index in [9.17, 15) is 0 Å². The minimum atomic E-state index is 0.0711. The Balaban J connectivity index is 2.43. The third-order valence-corrected chi connectivity index (χ3v) is 4.64. The summed E-state index contributed by atoms with van der Waals surface area (Å²) in [4.78, 5) is 0. The summed E-state index contributed by atoms with van der Waals surface area (Å²) in [6, 6.07) is 8.27. The van der Waals surface area contributed by atoms with Gasteiger partial charge in [-0.1, -0.05) is 35.0 Å². The van der Waals surface area contributed by atoms with Gasteiger partial charge < -0.3 is 9.73 Å². The molecule has 0 bridgehead atoms. The lowest BCUT2D eigenvalue weighted by Gasteiger charge is -2.20. The van der Waals surface area contributed by atoms with Crippen LogP contribution in [0.4, 0.5) is 0 Å². The van der Waals surface area contributed by atoms with Gasteiger partial charge in [0.1, 0.15) is 5.76 Å². The van der Waals surface area contributed by atoms with Crippen LogP contribution in [0.25, 0.3) is 0 Å². The van der Waals surface area contributed by atoms with Gasteiger partial charge in [0.15, 0.2) is 0 Å². The van der Waals surface area contributed by atoms with Crippen LogP contribution in [-0.4, -0.2) is 6.54 Å². The molecule has 2 rings (SSSR count). The normalized spacial score (nSPS) is 12.6. The van der Waals surface area contributed by atoms with Gasteiger partial charge in [-0.2, -0.15) is 0 Å². The largest absolute Gasteiger partial charge is 0.466 e. The average molecular weight is 387 g/mol. The fourth-order valence-corrected chi connectivity index (χ4v) is 2.89. The van der Waals surface area contributed by atoms with E-state index in [2.05, 4.69) is 69.2 Å². The van der Waals surface area contributed by atoms with Gasteiger partial charge in [-0.15, -0.1) is 0 Å². The first kappa shape index (κ1) is 14.8. The van der Waals surface area contributed by atoms with E-state index in [1.54, 1.807) is 6.26 Å². The van der Waals surface area contributed by atoms with E-state index in [1.165, 1.54) is 11.1 Å². The molecule has 2 nitrogen and oxygen atoms in total. The summed E-state index contributed by atoms with van der Waals surface area (Å²) < 4.78 is 7.77. The van der Waals surface area contributed by atoms with Crippen LogP contribution in [0.1, 0.15) is 36.3 Å². The monoisotopic (exact) mass is 385 g/mol. The highest BCUT2D eigenvalue weighted by molar-refractivity contribution is 9.10. The molecule has 0 aliphatic heterocycles. The highest BCUT2D eigenvalue weighted by Crippen LogP contribution is 2.33. The van der Waals surface area contributed by atoms with Crippen LogP contribution in [0.15, 0.2) is 43.9 Å². The van der Waals surface area contributed by atoms with E-state index in [0.717, 1.165) is 27.7 Å². The van der Waals surface area contributed by atoms with Crippen LogP contribution in [-0.2, 0) is 0 Å². The predicted octanol–water partition coefficient (Wildman–Crippen LogP) is 5.20. The first-order valence-electron chi connectivity index (χ1n) is 6.36. The van der Waals surface area contributed by atoms with Gasteiger partial charge in [-0.05, 0) is 59.1 Å². The van der Waals surface area contributed by atoms with Gasteiger partial charge in [-0.25, -0.2) is 0 Å². The summed E-state index contributed by atoms with van der Waals surface area (Å²) in [7, 11) is 0. The third-order valence-electron chi connectivity index (χ3n) is 3.13. The molecule has 0 aliphatic carbocycles. The number of halogens is 2. The molecule has 19 heavy (non-hydrogen) atoms. The second-order valence-corrected chi connectivity index (χ2v) is 6.18.